The number of fused-ring (bicyclic) bond motifs is 1. The van der Waals surface area contributed by atoms with Crippen LogP contribution in [0.3, 0.4) is 0 Å². The maximum atomic E-state index is 12.3. The zero-order valence-corrected chi connectivity index (χ0v) is 14.5. The number of hydrogen-bond acceptors (Lipinski definition) is 4. The SMILES string of the molecule is Cc1ccc(Cl)cc1NC(=O)[C@H](C)OC(=O)c1cc2ccccc2o1. The summed E-state index contributed by atoms with van der Waals surface area (Å²) in [5.41, 5.74) is 2.01. The number of furan rings is 1. The molecular formula is C19H16ClNO4. The van der Waals surface area contributed by atoms with E-state index >= 15 is 0 Å². The highest BCUT2D eigenvalue weighted by Crippen LogP contribution is 2.22. The Morgan fingerprint density at radius 1 is 1.16 bits per heavy atom. The molecule has 3 aromatic rings. The van der Waals surface area contributed by atoms with Gasteiger partial charge in [-0.2, -0.15) is 0 Å². The van der Waals surface area contributed by atoms with Crippen molar-refractivity contribution in [3.8, 4) is 0 Å². The Morgan fingerprint density at radius 2 is 1.92 bits per heavy atom. The topological polar surface area (TPSA) is 68.5 Å². The van der Waals surface area contributed by atoms with Crippen molar-refractivity contribution in [3.05, 3.63) is 64.9 Å². The minimum absolute atomic E-state index is 0.0554. The summed E-state index contributed by atoms with van der Waals surface area (Å²) in [5.74, 6) is -1.09. The molecule has 0 radical (unpaired) electrons. The second-order valence-corrected chi connectivity index (χ2v) is 6.08. The number of rotatable bonds is 4. The van der Waals surface area contributed by atoms with Crippen LogP contribution in [-0.4, -0.2) is 18.0 Å². The predicted molar refractivity (Wildman–Crippen MR) is 95.9 cm³/mol. The lowest BCUT2D eigenvalue weighted by molar-refractivity contribution is -0.123. The van der Waals surface area contributed by atoms with Crippen LogP contribution >= 0.6 is 11.6 Å². The van der Waals surface area contributed by atoms with E-state index in [-0.39, 0.29) is 5.76 Å². The lowest BCUT2D eigenvalue weighted by atomic mass is 10.2. The summed E-state index contributed by atoms with van der Waals surface area (Å²) in [7, 11) is 0. The van der Waals surface area contributed by atoms with Gasteiger partial charge < -0.3 is 14.5 Å². The van der Waals surface area contributed by atoms with Crippen molar-refractivity contribution in [1.82, 2.24) is 0 Å². The molecule has 0 fully saturated rings. The van der Waals surface area contributed by atoms with Gasteiger partial charge in [-0.1, -0.05) is 35.9 Å². The summed E-state index contributed by atoms with van der Waals surface area (Å²) in [6.45, 7) is 3.34. The molecule has 0 spiro atoms. The lowest BCUT2D eigenvalue weighted by Gasteiger charge is -2.14. The second-order valence-electron chi connectivity index (χ2n) is 5.64. The molecule has 25 heavy (non-hydrogen) atoms. The van der Waals surface area contributed by atoms with Gasteiger partial charge in [0.15, 0.2) is 6.10 Å². The average molecular weight is 358 g/mol. The zero-order valence-electron chi connectivity index (χ0n) is 13.7. The van der Waals surface area contributed by atoms with Gasteiger partial charge in [-0.3, -0.25) is 4.79 Å². The first-order valence-corrected chi connectivity index (χ1v) is 8.08. The van der Waals surface area contributed by atoms with Crippen molar-refractivity contribution < 1.29 is 18.7 Å². The molecule has 0 aliphatic heterocycles. The van der Waals surface area contributed by atoms with Crippen molar-refractivity contribution in [2.75, 3.05) is 5.32 Å². The van der Waals surface area contributed by atoms with Crippen LogP contribution < -0.4 is 5.32 Å². The summed E-state index contributed by atoms with van der Waals surface area (Å²) in [6, 6.07) is 14.0. The van der Waals surface area contributed by atoms with Gasteiger partial charge in [-0.05, 0) is 43.7 Å². The third-order valence-corrected chi connectivity index (χ3v) is 3.97. The summed E-state index contributed by atoms with van der Waals surface area (Å²) in [4.78, 5) is 24.4. The third kappa shape index (κ3) is 3.83. The number of aryl methyl sites for hydroxylation is 1. The number of hydrogen-bond donors (Lipinski definition) is 1. The molecule has 128 valence electrons. The highest BCUT2D eigenvalue weighted by molar-refractivity contribution is 6.31. The Balaban J connectivity index is 1.68. The highest BCUT2D eigenvalue weighted by Gasteiger charge is 2.22. The van der Waals surface area contributed by atoms with E-state index in [2.05, 4.69) is 5.32 Å². The normalized spacial score (nSPS) is 12.0. The summed E-state index contributed by atoms with van der Waals surface area (Å²) < 4.78 is 10.6. The van der Waals surface area contributed by atoms with Crippen molar-refractivity contribution in [2.24, 2.45) is 0 Å². The number of nitrogens with one attached hydrogen (secondary N) is 1. The number of benzene rings is 2. The number of carbonyl (C=O) groups is 2. The summed E-state index contributed by atoms with van der Waals surface area (Å²) >= 11 is 5.93. The Morgan fingerprint density at radius 3 is 2.68 bits per heavy atom. The monoisotopic (exact) mass is 357 g/mol. The number of halogens is 1. The molecule has 0 unspecified atom stereocenters. The van der Waals surface area contributed by atoms with Gasteiger partial charge in [-0.25, -0.2) is 4.79 Å². The van der Waals surface area contributed by atoms with Crippen molar-refractivity contribution >= 4 is 40.1 Å². The zero-order chi connectivity index (χ0) is 18.0. The molecule has 2 aromatic carbocycles. The number of ether oxygens (including phenoxy) is 1. The van der Waals surface area contributed by atoms with Gasteiger partial charge >= 0.3 is 5.97 Å². The van der Waals surface area contributed by atoms with E-state index in [9.17, 15) is 9.59 Å². The number of carbonyl (C=O) groups excluding carboxylic acids is 2. The van der Waals surface area contributed by atoms with Gasteiger partial charge in [-0.15, -0.1) is 0 Å². The molecule has 1 aromatic heterocycles. The largest absolute Gasteiger partial charge is 0.449 e. The summed E-state index contributed by atoms with van der Waals surface area (Å²) in [5, 5.41) is 4.00. The molecule has 1 atom stereocenters. The van der Waals surface area contributed by atoms with E-state index in [1.165, 1.54) is 6.92 Å². The van der Waals surface area contributed by atoms with Gasteiger partial charge in [0.1, 0.15) is 5.58 Å². The first-order chi connectivity index (χ1) is 11.9. The maximum absolute atomic E-state index is 12.3. The number of esters is 1. The van der Waals surface area contributed by atoms with E-state index < -0.39 is 18.0 Å². The van der Waals surface area contributed by atoms with Gasteiger partial charge in [0.2, 0.25) is 5.76 Å². The average Bonchev–Trinajstić information content (AvgIpc) is 3.02. The summed E-state index contributed by atoms with van der Waals surface area (Å²) in [6.07, 6.45) is -0.987. The molecule has 5 nitrogen and oxygen atoms in total. The van der Waals surface area contributed by atoms with Crippen LogP contribution in [-0.2, 0) is 9.53 Å². The first-order valence-electron chi connectivity index (χ1n) is 7.70. The first kappa shape index (κ1) is 17.0. The van der Waals surface area contributed by atoms with E-state index in [0.717, 1.165) is 10.9 Å². The maximum Gasteiger partial charge on any atom is 0.375 e. The minimum atomic E-state index is -0.987. The molecule has 0 aliphatic carbocycles. The molecule has 1 N–H and O–H groups in total. The fourth-order valence-corrected chi connectivity index (χ4v) is 2.49. The van der Waals surface area contributed by atoms with E-state index in [0.29, 0.717) is 16.3 Å². The highest BCUT2D eigenvalue weighted by atomic mass is 35.5. The van der Waals surface area contributed by atoms with Crippen LogP contribution in [0.15, 0.2) is 52.9 Å². The van der Waals surface area contributed by atoms with Crippen LogP contribution in [0, 0.1) is 6.92 Å². The Kier molecular flexibility index (Phi) is 4.76. The fraction of sp³-hybridized carbons (Fsp3) is 0.158. The lowest BCUT2D eigenvalue weighted by Crippen LogP contribution is -2.30. The molecule has 1 amide bonds. The van der Waals surface area contributed by atoms with Gasteiger partial charge in [0, 0.05) is 16.1 Å². The number of anilines is 1. The van der Waals surface area contributed by atoms with Crippen LogP contribution in [0.5, 0.6) is 0 Å². The Hall–Kier alpha value is -2.79. The number of para-hydroxylation sites is 1. The van der Waals surface area contributed by atoms with Crippen LogP contribution in [0.2, 0.25) is 5.02 Å². The molecule has 0 bridgehead atoms. The fourth-order valence-electron chi connectivity index (χ4n) is 2.32. The molecule has 0 saturated carbocycles. The number of amides is 1. The third-order valence-electron chi connectivity index (χ3n) is 3.74. The predicted octanol–water partition coefficient (Wildman–Crippen LogP) is 4.58. The molecule has 3 rings (SSSR count). The smallest absolute Gasteiger partial charge is 0.375 e. The second kappa shape index (κ2) is 6.99. The van der Waals surface area contributed by atoms with Crippen molar-refractivity contribution in [1.29, 1.82) is 0 Å². The molecule has 0 aliphatic rings. The molecule has 0 saturated heterocycles. The molecule has 1 heterocycles. The van der Waals surface area contributed by atoms with Crippen LogP contribution in [0.25, 0.3) is 11.0 Å². The van der Waals surface area contributed by atoms with E-state index in [4.69, 9.17) is 20.8 Å². The quantitative estimate of drug-likeness (QED) is 0.694. The molecular weight excluding hydrogens is 342 g/mol. The van der Waals surface area contributed by atoms with Gasteiger partial charge in [0.25, 0.3) is 5.91 Å². The van der Waals surface area contributed by atoms with Gasteiger partial charge in [0.05, 0.1) is 0 Å². The van der Waals surface area contributed by atoms with Crippen LogP contribution in [0.1, 0.15) is 23.0 Å². The van der Waals surface area contributed by atoms with Crippen molar-refractivity contribution in [3.63, 3.8) is 0 Å². The minimum Gasteiger partial charge on any atom is -0.449 e. The van der Waals surface area contributed by atoms with E-state index in [1.807, 2.05) is 25.1 Å². The Labute approximate surface area is 149 Å². The molecule has 6 heteroatoms. The standard InChI is InChI=1S/C19H16ClNO4/c1-11-7-8-14(20)10-15(11)21-18(22)12(2)24-19(23)17-9-13-5-3-4-6-16(13)25-17/h3-10,12H,1-2H3,(H,21,22)/t12-/m0/s1. The van der Waals surface area contributed by atoms with E-state index in [1.54, 1.807) is 30.3 Å². The van der Waals surface area contributed by atoms with Crippen LogP contribution in [0.4, 0.5) is 5.69 Å². The van der Waals surface area contributed by atoms with Crippen molar-refractivity contribution in [2.45, 2.75) is 20.0 Å². The Bertz CT molecular complexity index is 915.